The molecule has 142 valence electrons. The fourth-order valence-electron chi connectivity index (χ4n) is 2.85. The molecule has 2 aromatic carbocycles. The van der Waals surface area contributed by atoms with E-state index in [9.17, 15) is 27.2 Å². The van der Waals surface area contributed by atoms with E-state index < -0.39 is 35.1 Å². The van der Waals surface area contributed by atoms with Gasteiger partial charge in [-0.2, -0.15) is 13.2 Å². The molecule has 0 saturated carbocycles. The third-order valence-electron chi connectivity index (χ3n) is 4.18. The number of rotatable bonds is 3. The molecule has 27 heavy (non-hydrogen) atoms. The van der Waals surface area contributed by atoms with Gasteiger partial charge < -0.3 is 10.2 Å². The van der Waals surface area contributed by atoms with Crippen molar-refractivity contribution in [3.05, 3.63) is 58.9 Å². The van der Waals surface area contributed by atoms with Crippen molar-refractivity contribution in [2.24, 2.45) is 5.92 Å². The first-order valence-electron chi connectivity index (χ1n) is 7.88. The number of nitrogens with one attached hydrogen (secondary N) is 1. The molecule has 1 aliphatic heterocycles. The van der Waals surface area contributed by atoms with Crippen LogP contribution in [-0.4, -0.2) is 18.4 Å². The summed E-state index contributed by atoms with van der Waals surface area (Å²) in [6.07, 6.45) is -4.85. The molecule has 0 aromatic heterocycles. The van der Waals surface area contributed by atoms with Crippen molar-refractivity contribution < 1.29 is 27.2 Å². The van der Waals surface area contributed by atoms with Gasteiger partial charge in [0.2, 0.25) is 11.8 Å². The number of anilines is 2. The van der Waals surface area contributed by atoms with Gasteiger partial charge in [0.15, 0.2) is 0 Å². The Kier molecular flexibility index (Phi) is 5.10. The number of amides is 2. The van der Waals surface area contributed by atoms with E-state index in [2.05, 4.69) is 5.32 Å². The molecule has 1 heterocycles. The Bertz CT molecular complexity index is 884. The van der Waals surface area contributed by atoms with Gasteiger partial charge in [0.25, 0.3) is 0 Å². The molecule has 9 heteroatoms. The largest absolute Gasteiger partial charge is 0.418 e. The van der Waals surface area contributed by atoms with Gasteiger partial charge in [0, 0.05) is 23.7 Å². The number of benzene rings is 2. The molecule has 0 bridgehead atoms. The first kappa shape index (κ1) is 19.2. The molecular weight excluding hydrogens is 388 g/mol. The first-order chi connectivity index (χ1) is 12.6. The minimum absolute atomic E-state index is 0.00869. The van der Waals surface area contributed by atoms with Crippen LogP contribution in [0.1, 0.15) is 12.0 Å². The van der Waals surface area contributed by atoms with E-state index in [1.165, 1.54) is 35.2 Å². The van der Waals surface area contributed by atoms with Crippen molar-refractivity contribution >= 4 is 34.8 Å². The second-order valence-corrected chi connectivity index (χ2v) is 6.50. The number of hydrogen-bond donors (Lipinski definition) is 1. The molecule has 0 radical (unpaired) electrons. The summed E-state index contributed by atoms with van der Waals surface area (Å²) in [6, 6.07) is 8.18. The van der Waals surface area contributed by atoms with E-state index in [1.807, 2.05) is 0 Å². The van der Waals surface area contributed by atoms with E-state index in [0.29, 0.717) is 5.69 Å². The number of halogens is 5. The molecule has 0 aliphatic carbocycles. The zero-order valence-corrected chi connectivity index (χ0v) is 14.4. The van der Waals surface area contributed by atoms with Gasteiger partial charge in [0.1, 0.15) is 5.82 Å². The smallest absolute Gasteiger partial charge is 0.325 e. The van der Waals surface area contributed by atoms with Gasteiger partial charge in [-0.05, 0) is 42.5 Å². The summed E-state index contributed by atoms with van der Waals surface area (Å²) in [7, 11) is 0. The molecule has 1 N–H and O–H groups in total. The minimum Gasteiger partial charge on any atom is -0.325 e. The van der Waals surface area contributed by atoms with Gasteiger partial charge >= 0.3 is 6.18 Å². The van der Waals surface area contributed by atoms with E-state index >= 15 is 0 Å². The van der Waals surface area contributed by atoms with Crippen molar-refractivity contribution in [2.75, 3.05) is 16.8 Å². The van der Waals surface area contributed by atoms with E-state index in [0.717, 1.165) is 12.1 Å². The normalized spacial score (nSPS) is 17.3. The number of hydrogen-bond acceptors (Lipinski definition) is 2. The number of nitrogens with zero attached hydrogens (tertiary/aromatic N) is 1. The fourth-order valence-corrected chi connectivity index (χ4v) is 3.02. The summed E-state index contributed by atoms with van der Waals surface area (Å²) in [5.41, 5.74) is -1.08. The maximum atomic E-state index is 13.1. The molecule has 1 saturated heterocycles. The third kappa shape index (κ3) is 4.21. The second-order valence-electron chi connectivity index (χ2n) is 6.06. The highest BCUT2D eigenvalue weighted by Crippen LogP contribution is 2.37. The van der Waals surface area contributed by atoms with Crippen LogP contribution in [0.15, 0.2) is 42.5 Å². The van der Waals surface area contributed by atoms with Crippen LogP contribution in [-0.2, 0) is 15.8 Å². The van der Waals surface area contributed by atoms with Gasteiger partial charge in [-0.15, -0.1) is 0 Å². The Morgan fingerprint density at radius 3 is 2.44 bits per heavy atom. The molecule has 1 aliphatic rings. The lowest BCUT2D eigenvalue weighted by molar-refractivity contribution is -0.137. The summed E-state index contributed by atoms with van der Waals surface area (Å²) in [5, 5.41) is 2.12. The van der Waals surface area contributed by atoms with Crippen molar-refractivity contribution in [1.82, 2.24) is 0 Å². The van der Waals surface area contributed by atoms with Crippen LogP contribution in [0.2, 0.25) is 5.02 Å². The zero-order chi connectivity index (χ0) is 19.8. The van der Waals surface area contributed by atoms with Gasteiger partial charge in [-0.1, -0.05) is 11.6 Å². The fraction of sp³-hybridized carbons (Fsp3) is 0.222. The van der Waals surface area contributed by atoms with E-state index in [4.69, 9.17) is 11.6 Å². The Balaban J connectivity index is 1.76. The van der Waals surface area contributed by atoms with Crippen molar-refractivity contribution in [2.45, 2.75) is 12.6 Å². The predicted octanol–water partition coefficient (Wildman–Crippen LogP) is 4.49. The van der Waals surface area contributed by atoms with Gasteiger partial charge in [0.05, 0.1) is 17.2 Å². The van der Waals surface area contributed by atoms with Gasteiger partial charge in [-0.25, -0.2) is 4.39 Å². The number of carbonyl (C=O) groups is 2. The van der Waals surface area contributed by atoms with Crippen LogP contribution in [0, 0.1) is 11.7 Å². The van der Waals surface area contributed by atoms with Crippen LogP contribution in [0.5, 0.6) is 0 Å². The summed E-state index contributed by atoms with van der Waals surface area (Å²) in [4.78, 5) is 25.9. The molecule has 4 nitrogen and oxygen atoms in total. The quantitative estimate of drug-likeness (QED) is 0.772. The standard InChI is InChI=1S/C18H13ClF4N2O2/c19-11-1-6-15(14(8-11)18(21,22)23)24-17(27)10-7-16(26)25(9-10)13-4-2-12(20)3-5-13/h1-6,8,10H,7,9H2,(H,24,27)/t10-/m0/s1. The van der Waals surface area contributed by atoms with Crippen molar-refractivity contribution in [1.29, 1.82) is 0 Å². The maximum Gasteiger partial charge on any atom is 0.418 e. The van der Waals surface area contributed by atoms with E-state index in [1.54, 1.807) is 0 Å². The minimum atomic E-state index is -4.70. The molecule has 2 amide bonds. The Labute approximate surface area is 156 Å². The Morgan fingerprint density at radius 1 is 1.15 bits per heavy atom. The zero-order valence-electron chi connectivity index (χ0n) is 13.7. The molecule has 2 aromatic rings. The highest BCUT2D eigenvalue weighted by Gasteiger charge is 2.38. The Hall–Kier alpha value is -2.61. The second kappa shape index (κ2) is 7.19. The monoisotopic (exact) mass is 400 g/mol. The van der Waals surface area contributed by atoms with Crippen LogP contribution < -0.4 is 10.2 Å². The lowest BCUT2D eigenvalue weighted by Crippen LogP contribution is -2.28. The lowest BCUT2D eigenvalue weighted by Gasteiger charge is -2.18. The molecule has 3 rings (SSSR count). The van der Waals surface area contributed by atoms with Crippen LogP contribution in [0.25, 0.3) is 0 Å². The molecule has 1 fully saturated rings. The molecular formula is C18H13ClF4N2O2. The van der Waals surface area contributed by atoms with Crippen LogP contribution >= 0.6 is 11.6 Å². The average Bonchev–Trinajstić information content (AvgIpc) is 2.98. The van der Waals surface area contributed by atoms with E-state index in [-0.39, 0.29) is 23.9 Å². The van der Waals surface area contributed by atoms with Crippen LogP contribution in [0.3, 0.4) is 0 Å². The van der Waals surface area contributed by atoms with Crippen molar-refractivity contribution in [3.63, 3.8) is 0 Å². The highest BCUT2D eigenvalue weighted by atomic mass is 35.5. The molecule has 0 unspecified atom stereocenters. The van der Waals surface area contributed by atoms with Gasteiger partial charge in [-0.3, -0.25) is 9.59 Å². The summed E-state index contributed by atoms with van der Waals surface area (Å²) in [6.45, 7) is -0.00869. The highest BCUT2D eigenvalue weighted by molar-refractivity contribution is 6.30. The topological polar surface area (TPSA) is 49.4 Å². The van der Waals surface area contributed by atoms with Crippen LogP contribution in [0.4, 0.5) is 28.9 Å². The van der Waals surface area contributed by atoms with Crippen molar-refractivity contribution in [3.8, 4) is 0 Å². The summed E-state index contributed by atoms with van der Waals surface area (Å²) in [5.74, 6) is -2.38. The molecule has 0 spiro atoms. The molecule has 1 atom stereocenters. The maximum absolute atomic E-state index is 13.1. The first-order valence-corrected chi connectivity index (χ1v) is 8.26. The Morgan fingerprint density at radius 2 is 1.81 bits per heavy atom. The predicted molar refractivity (Wildman–Crippen MR) is 91.9 cm³/mol. The average molecular weight is 401 g/mol. The summed E-state index contributed by atoms with van der Waals surface area (Å²) < 4.78 is 52.4. The summed E-state index contributed by atoms with van der Waals surface area (Å²) >= 11 is 5.61. The number of carbonyl (C=O) groups excluding carboxylic acids is 2. The third-order valence-corrected chi connectivity index (χ3v) is 4.41. The lowest BCUT2D eigenvalue weighted by atomic mass is 10.1. The number of alkyl halides is 3. The SMILES string of the molecule is O=C(Nc1ccc(Cl)cc1C(F)(F)F)[C@H]1CC(=O)N(c2ccc(F)cc2)C1.